The van der Waals surface area contributed by atoms with Gasteiger partial charge in [0.25, 0.3) is 0 Å². The number of amides is 1. The van der Waals surface area contributed by atoms with Gasteiger partial charge in [-0.25, -0.2) is 8.42 Å². The zero-order valence-electron chi connectivity index (χ0n) is 15.3. The van der Waals surface area contributed by atoms with Crippen LogP contribution in [0.2, 0.25) is 0 Å². The van der Waals surface area contributed by atoms with E-state index in [4.69, 9.17) is 4.74 Å². The summed E-state index contributed by atoms with van der Waals surface area (Å²) in [5.41, 5.74) is 1.57. The van der Waals surface area contributed by atoms with Crippen LogP contribution in [-0.4, -0.2) is 56.3 Å². The van der Waals surface area contributed by atoms with E-state index < -0.39 is 10.0 Å². The van der Waals surface area contributed by atoms with E-state index in [0.29, 0.717) is 30.3 Å². The van der Waals surface area contributed by atoms with Crippen molar-refractivity contribution in [2.45, 2.75) is 44.6 Å². The fraction of sp³-hybridized carbons (Fsp3) is 0.611. The molecule has 1 aromatic rings. The van der Waals surface area contributed by atoms with E-state index in [9.17, 15) is 13.2 Å². The van der Waals surface area contributed by atoms with Crippen LogP contribution in [-0.2, 0) is 14.8 Å². The van der Waals surface area contributed by atoms with Gasteiger partial charge in [0, 0.05) is 32.6 Å². The summed E-state index contributed by atoms with van der Waals surface area (Å²) in [5, 5.41) is 0. The Morgan fingerprint density at radius 3 is 2.48 bits per heavy atom. The number of piperidine rings is 1. The van der Waals surface area contributed by atoms with Gasteiger partial charge in [0.2, 0.25) is 15.9 Å². The van der Waals surface area contributed by atoms with Gasteiger partial charge in [-0.05, 0) is 55.9 Å². The molecule has 0 unspecified atom stereocenters. The highest BCUT2D eigenvalue weighted by molar-refractivity contribution is 7.89. The normalized spacial score (nSPS) is 24.2. The molecular formula is C18H26N2O4S. The lowest BCUT2D eigenvalue weighted by atomic mass is 9.97. The number of sulfonamides is 1. The first kappa shape index (κ1) is 18.2. The van der Waals surface area contributed by atoms with Gasteiger partial charge in [0.05, 0.1) is 12.0 Å². The van der Waals surface area contributed by atoms with Crippen molar-refractivity contribution in [2.24, 2.45) is 5.92 Å². The smallest absolute Gasteiger partial charge is 0.243 e. The van der Waals surface area contributed by atoms with Crippen LogP contribution in [0, 0.1) is 19.8 Å². The van der Waals surface area contributed by atoms with E-state index in [-0.39, 0.29) is 17.9 Å². The number of hydrogen-bond acceptors (Lipinski definition) is 4. The maximum absolute atomic E-state index is 13.4. The fourth-order valence-corrected chi connectivity index (χ4v) is 5.99. The second kappa shape index (κ2) is 6.61. The minimum absolute atomic E-state index is 0.0209. The molecule has 3 aliphatic heterocycles. The summed E-state index contributed by atoms with van der Waals surface area (Å²) < 4.78 is 33.6. The molecule has 6 nitrogen and oxygen atoms in total. The summed E-state index contributed by atoms with van der Waals surface area (Å²) in [6.45, 7) is 6.88. The average Bonchev–Trinajstić information content (AvgIpc) is 2.89. The molecule has 0 aromatic heterocycles. The van der Waals surface area contributed by atoms with E-state index >= 15 is 0 Å². The third kappa shape index (κ3) is 3.15. The number of carbonyl (C=O) groups is 1. The lowest BCUT2D eigenvalue weighted by Gasteiger charge is -2.35. The van der Waals surface area contributed by atoms with Gasteiger partial charge in [-0.2, -0.15) is 4.31 Å². The molecule has 25 heavy (non-hydrogen) atoms. The van der Waals surface area contributed by atoms with E-state index in [1.807, 2.05) is 13.8 Å². The van der Waals surface area contributed by atoms with Crippen LogP contribution in [0.5, 0.6) is 5.75 Å². The molecule has 138 valence electrons. The Morgan fingerprint density at radius 2 is 1.84 bits per heavy atom. The summed E-state index contributed by atoms with van der Waals surface area (Å²) in [7, 11) is -2.02. The summed E-state index contributed by atoms with van der Waals surface area (Å²) in [6.07, 6.45) is 1.78. The van der Waals surface area contributed by atoms with Crippen LogP contribution in [0.25, 0.3) is 0 Å². The monoisotopic (exact) mass is 366 g/mol. The van der Waals surface area contributed by atoms with Crippen molar-refractivity contribution in [1.82, 2.24) is 9.21 Å². The zero-order valence-corrected chi connectivity index (χ0v) is 16.1. The number of carbonyl (C=O) groups excluding carboxylic acids is 1. The molecule has 1 amide bonds. The first-order valence-electron chi connectivity index (χ1n) is 8.67. The fourth-order valence-electron chi connectivity index (χ4n) is 3.99. The Morgan fingerprint density at radius 1 is 1.12 bits per heavy atom. The molecule has 0 N–H and O–H groups in total. The molecule has 7 heteroatoms. The van der Waals surface area contributed by atoms with Crippen LogP contribution in [0.15, 0.2) is 17.0 Å². The van der Waals surface area contributed by atoms with E-state index in [2.05, 4.69) is 0 Å². The number of nitrogens with zero attached hydrogens (tertiary/aromatic N) is 2. The van der Waals surface area contributed by atoms with Crippen molar-refractivity contribution in [3.8, 4) is 5.75 Å². The van der Waals surface area contributed by atoms with Crippen molar-refractivity contribution in [2.75, 3.05) is 26.7 Å². The van der Waals surface area contributed by atoms with Crippen molar-refractivity contribution in [1.29, 1.82) is 0 Å². The summed E-state index contributed by atoms with van der Waals surface area (Å²) in [4.78, 5) is 13.9. The third-order valence-corrected chi connectivity index (χ3v) is 7.67. The number of fused-ring (bicyclic) bond motifs is 4. The van der Waals surface area contributed by atoms with Crippen LogP contribution in [0.4, 0.5) is 0 Å². The number of methoxy groups -OCH3 is 1. The van der Waals surface area contributed by atoms with Gasteiger partial charge in [0.15, 0.2) is 0 Å². The lowest BCUT2D eigenvalue weighted by molar-refractivity contribution is -0.129. The second-order valence-electron chi connectivity index (χ2n) is 7.11. The van der Waals surface area contributed by atoms with Crippen molar-refractivity contribution < 1.29 is 17.9 Å². The van der Waals surface area contributed by atoms with E-state index in [0.717, 1.165) is 24.0 Å². The van der Waals surface area contributed by atoms with Crippen LogP contribution in [0.1, 0.15) is 30.9 Å². The highest BCUT2D eigenvalue weighted by Gasteiger charge is 2.42. The highest BCUT2D eigenvalue weighted by atomic mass is 32.2. The molecule has 4 rings (SSSR count). The number of rotatable bonds is 3. The Labute approximate surface area is 149 Å². The highest BCUT2D eigenvalue weighted by Crippen LogP contribution is 2.35. The van der Waals surface area contributed by atoms with Gasteiger partial charge in [0.1, 0.15) is 5.75 Å². The molecule has 3 saturated heterocycles. The maximum Gasteiger partial charge on any atom is 0.243 e. The Hall–Kier alpha value is -1.60. The van der Waals surface area contributed by atoms with Gasteiger partial charge in [-0.3, -0.25) is 4.79 Å². The standard InChI is InChI=1S/C18H26N2O4S/c1-12-13(2)18(8-7-17(12)24-4)25(22,23)20-10-15-5-6-16(20)11-19(9-15)14(3)21/h7-8,15-16H,5-6,9-11H2,1-4H3/t15-,16+/m1/s1. The zero-order chi connectivity index (χ0) is 18.4. The first-order valence-corrected chi connectivity index (χ1v) is 10.1. The molecule has 1 aromatic carbocycles. The van der Waals surface area contributed by atoms with Crippen molar-refractivity contribution >= 4 is 15.9 Å². The lowest BCUT2D eigenvalue weighted by Crippen LogP contribution is -2.47. The topological polar surface area (TPSA) is 66.9 Å². The summed E-state index contributed by atoms with van der Waals surface area (Å²) in [6, 6.07) is 3.21. The van der Waals surface area contributed by atoms with Crippen molar-refractivity contribution in [3.05, 3.63) is 23.3 Å². The molecule has 3 fully saturated rings. The number of hydrogen-bond donors (Lipinski definition) is 0. The Balaban J connectivity index is 1.98. The predicted octanol–water partition coefficient (Wildman–Crippen LogP) is 1.94. The summed E-state index contributed by atoms with van der Waals surface area (Å²) in [5.74, 6) is 0.918. The first-order chi connectivity index (χ1) is 11.8. The Bertz CT molecular complexity index is 791. The maximum atomic E-state index is 13.4. The van der Waals surface area contributed by atoms with Crippen LogP contribution >= 0.6 is 0 Å². The second-order valence-corrected chi connectivity index (χ2v) is 8.97. The van der Waals surface area contributed by atoms with Gasteiger partial charge >= 0.3 is 0 Å². The quantitative estimate of drug-likeness (QED) is 0.820. The largest absolute Gasteiger partial charge is 0.496 e. The average molecular weight is 366 g/mol. The molecule has 0 radical (unpaired) electrons. The van der Waals surface area contributed by atoms with E-state index in [1.165, 1.54) is 0 Å². The molecule has 0 aliphatic carbocycles. The number of benzene rings is 1. The molecule has 3 heterocycles. The SMILES string of the molecule is COc1ccc(S(=O)(=O)N2C[C@@H]3CC[C@H]2CN(C(C)=O)C3)c(C)c1C. The molecule has 2 atom stereocenters. The molecule has 3 aliphatic rings. The van der Waals surface area contributed by atoms with Crippen LogP contribution in [0.3, 0.4) is 0 Å². The van der Waals surface area contributed by atoms with Crippen LogP contribution < -0.4 is 4.74 Å². The minimum atomic E-state index is -3.60. The molecule has 0 spiro atoms. The molecule has 2 bridgehead atoms. The van der Waals surface area contributed by atoms with Gasteiger partial charge < -0.3 is 9.64 Å². The van der Waals surface area contributed by atoms with Crippen molar-refractivity contribution in [3.63, 3.8) is 0 Å². The van der Waals surface area contributed by atoms with Gasteiger partial charge in [-0.1, -0.05) is 0 Å². The third-order valence-electron chi connectivity index (χ3n) is 5.60. The predicted molar refractivity (Wildman–Crippen MR) is 95.1 cm³/mol. The molecular weight excluding hydrogens is 340 g/mol. The minimum Gasteiger partial charge on any atom is -0.496 e. The van der Waals surface area contributed by atoms with E-state index in [1.54, 1.807) is 35.4 Å². The van der Waals surface area contributed by atoms with Gasteiger partial charge in [-0.15, -0.1) is 0 Å². The molecule has 0 saturated carbocycles. The number of ether oxygens (including phenoxy) is 1. The summed E-state index contributed by atoms with van der Waals surface area (Å²) >= 11 is 0. The Kier molecular flexibility index (Phi) is 4.81.